The van der Waals surface area contributed by atoms with Crippen molar-refractivity contribution in [2.75, 3.05) is 6.61 Å². The Morgan fingerprint density at radius 2 is 2.24 bits per heavy atom. The van der Waals surface area contributed by atoms with Crippen LogP contribution in [0.3, 0.4) is 0 Å². The van der Waals surface area contributed by atoms with Gasteiger partial charge in [-0.2, -0.15) is 0 Å². The van der Waals surface area contributed by atoms with Gasteiger partial charge in [-0.15, -0.1) is 0 Å². The molecule has 1 aliphatic rings. The fourth-order valence-corrected chi connectivity index (χ4v) is 1.74. The van der Waals surface area contributed by atoms with Gasteiger partial charge in [0.15, 0.2) is 0 Å². The number of benzene rings is 1. The van der Waals surface area contributed by atoms with Crippen LogP contribution in [0, 0.1) is 0 Å². The molecule has 0 atom stereocenters. The molecule has 1 fully saturated rings. The zero-order valence-corrected chi connectivity index (χ0v) is 12.3. The predicted octanol–water partition coefficient (Wildman–Crippen LogP) is 1.97. The summed E-state index contributed by atoms with van der Waals surface area (Å²) >= 11 is 0. The van der Waals surface area contributed by atoms with Crippen molar-refractivity contribution < 1.29 is 4.74 Å². The van der Waals surface area contributed by atoms with E-state index in [-0.39, 0.29) is 0 Å². The van der Waals surface area contributed by atoms with Crippen molar-refractivity contribution in [3.63, 3.8) is 0 Å². The topological polar surface area (TPSA) is 85.7 Å². The lowest BCUT2D eigenvalue weighted by atomic mass is 10.1. The van der Waals surface area contributed by atoms with Crippen molar-refractivity contribution in [1.82, 2.24) is 5.32 Å². The van der Waals surface area contributed by atoms with Crippen LogP contribution in [0.25, 0.3) is 5.70 Å². The maximum atomic E-state index is 6.02. The third kappa shape index (κ3) is 5.22. The summed E-state index contributed by atoms with van der Waals surface area (Å²) in [5.74, 6) is 1.35. The Labute approximate surface area is 125 Å². The highest BCUT2D eigenvalue weighted by Crippen LogP contribution is 2.23. The van der Waals surface area contributed by atoms with E-state index in [1.54, 1.807) is 18.5 Å². The van der Waals surface area contributed by atoms with Gasteiger partial charge < -0.3 is 21.5 Å². The van der Waals surface area contributed by atoms with E-state index in [9.17, 15) is 0 Å². The fourth-order valence-electron chi connectivity index (χ4n) is 1.74. The van der Waals surface area contributed by atoms with Crippen LogP contribution in [-0.4, -0.2) is 18.5 Å². The highest BCUT2D eigenvalue weighted by atomic mass is 16.5. The van der Waals surface area contributed by atoms with Gasteiger partial charge in [0, 0.05) is 18.0 Å². The number of nitrogens with zero attached hydrogens (tertiary/aromatic N) is 1. The standard InChI is InChI=1S/C16H22N4O/c1-2-21-14-5-3-4-12(10-14)15(17)11-19-9-8-16(18)20-13-6-7-13/h3-5,8-11,13,19H,2,6-7,17H2,1H3,(H2,18,20)/b9-8-,15-11-. The number of rotatable bonds is 7. The molecule has 0 heterocycles. The Morgan fingerprint density at radius 3 is 2.95 bits per heavy atom. The molecule has 0 unspecified atom stereocenters. The molecule has 1 aromatic rings. The first-order valence-electron chi connectivity index (χ1n) is 7.13. The van der Waals surface area contributed by atoms with Crippen LogP contribution in [-0.2, 0) is 0 Å². The molecule has 0 radical (unpaired) electrons. The van der Waals surface area contributed by atoms with Crippen LogP contribution >= 0.6 is 0 Å². The van der Waals surface area contributed by atoms with Crippen molar-refractivity contribution in [1.29, 1.82) is 0 Å². The minimum Gasteiger partial charge on any atom is -0.494 e. The molecule has 1 aliphatic carbocycles. The number of hydrogen-bond acceptors (Lipinski definition) is 4. The largest absolute Gasteiger partial charge is 0.494 e. The van der Waals surface area contributed by atoms with E-state index in [0.29, 0.717) is 24.2 Å². The van der Waals surface area contributed by atoms with Gasteiger partial charge in [-0.05, 0) is 38.0 Å². The molecule has 112 valence electrons. The second kappa shape index (κ2) is 7.38. The second-order valence-electron chi connectivity index (χ2n) is 4.85. The van der Waals surface area contributed by atoms with Crippen molar-refractivity contribution >= 4 is 11.5 Å². The molecular weight excluding hydrogens is 264 g/mol. The molecule has 1 aromatic carbocycles. The molecule has 0 aromatic heterocycles. The van der Waals surface area contributed by atoms with Gasteiger partial charge in [-0.25, -0.2) is 0 Å². The Balaban J connectivity index is 1.90. The van der Waals surface area contributed by atoms with Crippen LogP contribution in [0.2, 0.25) is 0 Å². The first-order chi connectivity index (χ1) is 10.2. The first kappa shape index (κ1) is 15.0. The first-order valence-corrected chi connectivity index (χ1v) is 7.13. The van der Waals surface area contributed by atoms with Crippen LogP contribution in [0.1, 0.15) is 25.3 Å². The van der Waals surface area contributed by atoms with E-state index in [1.165, 1.54) is 0 Å². The van der Waals surface area contributed by atoms with Gasteiger partial charge in [0.1, 0.15) is 11.6 Å². The Morgan fingerprint density at radius 1 is 1.43 bits per heavy atom. The summed E-state index contributed by atoms with van der Waals surface area (Å²) in [7, 11) is 0. The minimum absolute atomic E-state index is 0.427. The molecule has 1 saturated carbocycles. The molecular formula is C16H22N4O. The van der Waals surface area contributed by atoms with E-state index >= 15 is 0 Å². The Hall–Kier alpha value is -2.43. The molecule has 21 heavy (non-hydrogen) atoms. The summed E-state index contributed by atoms with van der Waals surface area (Å²) in [6, 6.07) is 8.09. The van der Waals surface area contributed by atoms with E-state index in [0.717, 1.165) is 24.2 Å². The molecule has 0 saturated heterocycles. The number of nitrogens with two attached hydrogens (primary N) is 2. The zero-order valence-electron chi connectivity index (χ0n) is 12.3. The van der Waals surface area contributed by atoms with Crippen LogP contribution in [0.5, 0.6) is 5.75 Å². The van der Waals surface area contributed by atoms with Gasteiger partial charge in [-0.3, -0.25) is 4.99 Å². The number of ether oxygens (including phenoxy) is 1. The molecule has 0 amide bonds. The van der Waals surface area contributed by atoms with Gasteiger partial charge in [0.25, 0.3) is 0 Å². The number of hydrogen-bond donors (Lipinski definition) is 3. The van der Waals surface area contributed by atoms with Gasteiger partial charge in [-0.1, -0.05) is 12.1 Å². The Kier molecular flexibility index (Phi) is 5.26. The molecule has 5 heteroatoms. The van der Waals surface area contributed by atoms with Crippen molar-refractivity contribution in [3.05, 3.63) is 48.3 Å². The number of aliphatic imine (C=N–C) groups is 1. The number of nitrogens with one attached hydrogen (secondary N) is 1. The lowest BCUT2D eigenvalue weighted by Gasteiger charge is -2.06. The highest BCUT2D eigenvalue weighted by Gasteiger charge is 2.19. The SMILES string of the molecule is CCOc1cccc(/C(N)=C/N/C=C\C(N)=NC2CC2)c1. The van der Waals surface area contributed by atoms with E-state index in [1.807, 2.05) is 31.2 Å². The predicted molar refractivity (Wildman–Crippen MR) is 86.7 cm³/mol. The summed E-state index contributed by atoms with van der Waals surface area (Å²) in [6.07, 6.45) is 7.46. The summed E-state index contributed by atoms with van der Waals surface area (Å²) in [6.45, 7) is 2.58. The van der Waals surface area contributed by atoms with E-state index in [2.05, 4.69) is 10.3 Å². The van der Waals surface area contributed by atoms with Gasteiger partial charge >= 0.3 is 0 Å². The molecule has 5 nitrogen and oxygen atoms in total. The molecule has 0 bridgehead atoms. The summed E-state index contributed by atoms with van der Waals surface area (Å²) < 4.78 is 5.45. The van der Waals surface area contributed by atoms with Crippen molar-refractivity contribution in [2.45, 2.75) is 25.8 Å². The number of amidine groups is 1. The molecule has 0 aliphatic heterocycles. The zero-order chi connectivity index (χ0) is 15.1. The highest BCUT2D eigenvalue weighted by molar-refractivity contribution is 5.91. The summed E-state index contributed by atoms with van der Waals surface area (Å²) in [5.41, 5.74) is 13.3. The average molecular weight is 286 g/mol. The maximum Gasteiger partial charge on any atom is 0.119 e. The molecule has 5 N–H and O–H groups in total. The van der Waals surface area contributed by atoms with Gasteiger partial charge in [0.05, 0.1) is 18.3 Å². The maximum absolute atomic E-state index is 6.02. The third-order valence-corrected chi connectivity index (χ3v) is 2.95. The molecule has 2 rings (SSSR count). The fraction of sp³-hybridized carbons (Fsp3) is 0.312. The lowest BCUT2D eigenvalue weighted by Crippen LogP contribution is -2.10. The monoisotopic (exact) mass is 286 g/mol. The quantitative estimate of drug-likeness (QED) is 0.528. The second-order valence-corrected chi connectivity index (χ2v) is 4.85. The van der Waals surface area contributed by atoms with Crippen molar-refractivity contribution in [2.24, 2.45) is 16.5 Å². The third-order valence-electron chi connectivity index (χ3n) is 2.95. The smallest absolute Gasteiger partial charge is 0.119 e. The summed E-state index contributed by atoms with van der Waals surface area (Å²) in [5, 5.41) is 2.99. The van der Waals surface area contributed by atoms with Crippen LogP contribution < -0.4 is 21.5 Å². The normalized spacial score (nSPS) is 16.2. The average Bonchev–Trinajstić information content (AvgIpc) is 3.28. The Bertz CT molecular complexity index is 559. The lowest BCUT2D eigenvalue weighted by molar-refractivity contribution is 0.340. The van der Waals surface area contributed by atoms with Crippen LogP contribution in [0.4, 0.5) is 0 Å². The van der Waals surface area contributed by atoms with E-state index < -0.39 is 0 Å². The summed E-state index contributed by atoms with van der Waals surface area (Å²) in [4.78, 5) is 4.29. The van der Waals surface area contributed by atoms with Crippen molar-refractivity contribution in [3.8, 4) is 5.75 Å². The van der Waals surface area contributed by atoms with Crippen LogP contribution in [0.15, 0.2) is 47.7 Å². The van der Waals surface area contributed by atoms with E-state index in [4.69, 9.17) is 16.2 Å². The van der Waals surface area contributed by atoms with Gasteiger partial charge in [0.2, 0.25) is 0 Å². The molecule has 0 spiro atoms. The minimum atomic E-state index is 0.427.